The number of hydrogen-bond acceptors (Lipinski definition) is 9. The molecule has 1 aromatic rings. The van der Waals surface area contributed by atoms with Crippen molar-refractivity contribution in [3.63, 3.8) is 0 Å². The zero-order chi connectivity index (χ0) is 40.2. The molecule has 1 aliphatic rings. The fraction of sp³-hybridized carbons (Fsp3) is 0.878. The van der Waals surface area contributed by atoms with Gasteiger partial charge in [0.15, 0.2) is 0 Å². The van der Waals surface area contributed by atoms with Crippen LogP contribution in [-0.2, 0) is 13.1 Å². The van der Waals surface area contributed by atoms with E-state index in [1.807, 2.05) is 13.8 Å². The molecule has 2 heterocycles. The molecule has 0 saturated carbocycles. The minimum Gasteiger partial charge on any atom is -0.335 e. The molecule has 51 heavy (non-hydrogen) atoms. The van der Waals surface area contributed by atoms with E-state index in [4.69, 9.17) is 6.40 Å². The molecule has 2 bridgehead atoms. The van der Waals surface area contributed by atoms with E-state index in [0.717, 1.165) is 70.7 Å². The van der Waals surface area contributed by atoms with Gasteiger partial charge in [-0.2, -0.15) is 0 Å². The maximum atomic E-state index is 7.35. The lowest BCUT2D eigenvalue weighted by atomic mass is 9.94. The highest BCUT2D eigenvalue weighted by Gasteiger charge is 2.12. The van der Waals surface area contributed by atoms with Gasteiger partial charge in [-0.25, -0.2) is 0 Å². The molecule has 10 heteroatoms. The molecular weight excluding hydrogens is 629 g/mol. The lowest BCUT2D eigenvalue weighted by Crippen LogP contribution is -2.40. The van der Waals surface area contributed by atoms with Crippen LogP contribution in [-0.4, -0.2) is 176 Å². The zero-order valence-corrected chi connectivity index (χ0v) is 37.3. The third kappa shape index (κ3) is 32.1. The number of fused-ring (bicyclic) bond motifs is 2. The summed E-state index contributed by atoms with van der Waals surface area (Å²) in [5, 5.41) is 1.49. The van der Waals surface area contributed by atoms with E-state index < -0.39 is 0 Å². The Labute approximate surface area is 322 Å². The van der Waals surface area contributed by atoms with Crippen LogP contribution in [0, 0.1) is 24.7 Å². The summed E-state index contributed by atoms with van der Waals surface area (Å²) in [5.41, 5.74) is 3.69. The van der Waals surface area contributed by atoms with Crippen LogP contribution in [0.1, 0.15) is 90.6 Å². The van der Waals surface area contributed by atoms with Gasteiger partial charge in [-0.3, -0.25) is 14.8 Å². The largest absolute Gasteiger partial charge is 0.335 e. The summed E-state index contributed by atoms with van der Waals surface area (Å²) in [5.74, 6) is 2.28. The monoisotopic (exact) mass is 720 g/mol. The van der Waals surface area contributed by atoms with Gasteiger partial charge in [-0.1, -0.05) is 54.4 Å². The van der Waals surface area contributed by atoms with Gasteiger partial charge in [0.2, 0.25) is 0 Å². The van der Waals surface area contributed by atoms with E-state index >= 15 is 0 Å². The first-order valence-electron chi connectivity index (χ1n) is 20.6. The number of nitrogens with zero attached hydrogens (tertiary/aromatic N) is 8. The number of rotatable bonds is 17. The number of aryl methyl sites for hydroxylation is 1. The Morgan fingerprint density at radius 3 is 1.55 bits per heavy atom. The third-order valence-electron chi connectivity index (χ3n) is 9.02. The fourth-order valence-corrected chi connectivity index (χ4v) is 5.95. The van der Waals surface area contributed by atoms with Crippen LogP contribution in [0.4, 0.5) is 0 Å². The maximum absolute atomic E-state index is 7.35. The number of likely N-dealkylation sites (N-methyl/N-ethyl adjacent to an activating group) is 3. The first kappa shape index (κ1) is 49.9. The number of nitrogens with one attached hydrogen (secondary N) is 1. The van der Waals surface area contributed by atoms with Crippen LogP contribution in [0.3, 0.4) is 0 Å². The van der Waals surface area contributed by atoms with Crippen molar-refractivity contribution in [1.82, 2.24) is 44.4 Å². The average molecular weight is 720 g/mol. The Morgan fingerprint density at radius 2 is 1.16 bits per heavy atom. The van der Waals surface area contributed by atoms with Crippen molar-refractivity contribution >= 4 is 7.55 Å². The van der Waals surface area contributed by atoms with Crippen molar-refractivity contribution in [2.24, 2.45) is 17.8 Å². The molecule has 0 aromatic carbocycles. The van der Waals surface area contributed by atoms with E-state index in [1.165, 1.54) is 67.5 Å². The topological polar surface area (TPSA) is 47.6 Å². The van der Waals surface area contributed by atoms with Crippen molar-refractivity contribution in [3.8, 4) is 0 Å². The molecule has 0 aliphatic carbocycles. The molecule has 1 aromatic heterocycles. The second-order valence-electron chi connectivity index (χ2n) is 16.0. The Hall–Kier alpha value is -1.11. The van der Waals surface area contributed by atoms with Crippen LogP contribution >= 0.6 is 0 Å². The van der Waals surface area contributed by atoms with E-state index in [0.29, 0.717) is 5.92 Å². The van der Waals surface area contributed by atoms with Gasteiger partial charge < -0.3 is 29.6 Å². The second kappa shape index (κ2) is 32.3. The van der Waals surface area contributed by atoms with E-state index in [9.17, 15) is 0 Å². The van der Waals surface area contributed by atoms with Gasteiger partial charge in [0, 0.05) is 39.3 Å². The first-order valence-corrected chi connectivity index (χ1v) is 20.2. The van der Waals surface area contributed by atoms with Crippen LogP contribution in [0.5, 0.6) is 0 Å². The van der Waals surface area contributed by atoms with Crippen molar-refractivity contribution in [3.05, 3.63) is 29.1 Å². The third-order valence-corrected chi connectivity index (χ3v) is 9.02. The Morgan fingerprint density at radius 1 is 0.725 bits per heavy atom. The quantitative estimate of drug-likeness (QED) is 0.201. The van der Waals surface area contributed by atoms with Crippen LogP contribution in [0.15, 0.2) is 12.1 Å². The molecule has 0 fully saturated rings. The van der Waals surface area contributed by atoms with Gasteiger partial charge in [0.1, 0.15) is 1.41 Å². The molecule has 9 nitrogen and oxygen atoms in total. The molecule has 2 rings (SSSR count). The lowest BCUT2D eigenvalue weighted by Gasteiger charge is -2.26. The Balaban J connectivity index is 0. The van der Waals surface area contributed by atoms with Crippen molar-refractivity contribution in [1.29, 1.82) is 0 Å². The summed E-state index contributed by atoms with van der Waals surface area (Å²) < 4.78 is 7.35. The molecule has 0 amide bonds. The number of aromatic nitrogens is 1. The maximum Gasteiger partial charge on any atom is 0.312 e. The smallest absolute Gasteiger partial charge is 0.312 e. The molecular formula is C41H89BN9. The standard InChI is InChI=1S/C15H26N4.C14H32N2.C10H25BN3.C2H6/c1-13-9-14-11-18(3)7-5-17(2)6-8-19(4)12-15(10-13)16-14;1-13(9-11-15(3)4)7-8-14(2)10-12-16(5)6;1-6-7-13(4)11-14(5)9-10(2)8-12-3;1-2/h9-10H,5-8,11-12H2,1-4H3;13-14H,7-12H2,1-6H3;10,12H,6-9H2,1-5H3;1-2H3/i/hD. The molecule has 301 valence electrons. The zero-order valence-electron chi connectivity index (χ0n) is 38.3. The summed E-state index contributed by atoms with van der Waals surface area (Å²) in [6, 6.07) is 4.41. The predicted octanol–water partition coefficient (Wildman–Crippen LogP) is 5.82. The SMILES string of the molecule is CC.CC(CCC(C)CCN(C)C)CCN(C)C.Cc1cc2nc(c1)CN(C)CCN(C)CCN(C)C2.[2H]N(C)CC(C)CN(C)[B]N(C)CCC. The predicted molar refractivity (Wildman–Crippen MR) is 229 cm³/mol. The van der Waals surface area contributed by atoms with Gasteiger partial charge in [-0.15, -0.1) is 0 Å². The van der Waals surface area contributed by atoms with Gasteiger partial charge in [0.05, 0.1) is 11.4 Å². The molecule has 3 atom stereocenters. The van der Waals surface area contributed by atoms with Crippen molar-refractivity contribution in [2.45, 2.75) is 93.7 Å². The summed E-state index contributed by atoms with van der Waals surface area (Å²) in [6.07, 6.45) is 6.64. The highest BCUT2D eigenvalue weighted by molar-refractivity contribution is 6.28. The minimum atomic E-state index is 0.517. The number of hydrogen-bond donors (Lipinski definition) is 1. The fourth-order valence-electron chi connectivity index (χ4n) is 5.95. The van der Waals surface area contributed by atoms with Crippen molar-refractivity contribution < 1.29 is 1.41 Å². The van der Waals surface area contributed by atoms with E-state index in [-0.39, 0.29) is 0 Å². The van der Waals surface area contributed by atoms with E-state index in [1.54, 1.807) is 7.05 Å². The number of pyridine rings is 1. The summed E-state index contributed by atoms with van der Waals surface area (Å²) in [6.45, 7) is 26.9. The Bertz CT molecular complexity index is 903. The van der Waals surface area contributed by atoms with Gasteiger partial charge >= 0.3 is 7.55 Å². The van der Waals surface area contributed by atoms with Crippen LogP contribution in [0.2, 0.25) is 1.41 Å². The highest BCUT2D eigenvalue weighted by atomic mass is 15.2. The lowest BCUT2D eigenvalue weighted by molar-refractivity contribution is 0.215. The van der Waals surface area contributed by atoms with E-state index in [2.05, 4.69) is 152 Å². The van der Waals surface area contributed by atoms with Gasteiger partial charge in [-0.05, 0) is 165 Å². The van der Waals surface area contributed by atoms with Crippen LogP contribution in [0.25, 0.3) is 0 Å². The summed E-state index contributed by atoms with van der Waals surface area (Å²) in [7, 11) is 23.3. The first-order chi connectivity index (χ1) is 24.4. The summed E-state index contributed by atoms with van der Waals surface area (Å²) in [4.78, 5) is 20.9. The van der Waals surface area contributed by atoms with Crippen molar-refractivity contribution in [2.75, 3.05) is 129 Å². The normalized spacial score (nSPS) is 16.9. The molecule has 0 spiro atoms. The minimum absolute atomic E-state index is 0.517. The molecule has 1 N–H and O–H groups in total. The Kier molecular flexibility index (Phi) is 31.6. The molecule has 1 radical (unpaired) electrons. The average Bonchev–Trinajstić information content (AvgIpc) is 3.03. The summed E-state index contributed by atoms with van der Waals surface area (Å²) >= 11 is 0. The van der Waals surface area contributed by atoms with Gasteiger partial charge in [0.25, 0.3) is 0 Å². The van der Waals surface area contributed by atoms with Crippen LogP contribution < -0.4 is 5.31 Å². The second-order valence-corrected chi connectivity index (χ2v) is 16.0. The molecule has 3 unspecified atom stereocenters. The molecule has 0 saturated heterocycles. The molecule has 1 aliphatic heterocycles. The highest BCUT2D eigenvalue weighted by Crippen LogP contribution is 2.18.